The van der Waals surface area contributed by atoms with Crippen molar-refractivity contribution < 1.29 is 18.6 Å². The topological polar surface area (TPSA) is 149 Å². The number of nitrogens with zero attached hydrogens (tertiary/aromatic N) is 4. The van der Waals surface area contributed by atoms with Crippen LogP contribution in [-0.2, 0) is 16.0 Å². The first-order valence-electron chi connectivity index (χ1n) is 12.9. The molecule has 12 heteroatoms. The number of hydrogen-bond donors (Lipinski definition) is 5. The molecule has 0 spiro atoms. The van der Waals surface area contributed by atoms with Gasteiger partial charge in [0.1, 0.15) is 16.4 Å². The van der Waals surface area contributed by atoms with Crippen molar-refractivity contribution in [1.82, 2.24) is 25.3 Å². The zero-order valence-electron chi connectivity index (χ0n) is 21.7. The Balaban J connectivity index is 1.42. The van der Waals surface area contributed by atoms with Gasteiger partial charge < -0.3 is 25.3 Å². The van der Waals surface area contributed by atoms with Crippen LogP contribution >= 0.6 is 10.6 Å². The second-order valence-electron chi connectivity index (χ2n) is 9.78. The number of nitrogens with one attached hydrogen (secondary N) is 3. The van der Waals surface area contributed by atoms with Crippen LogP contribution < -0.4 is 15.5 Å². The van der Waals surface area contributed by atoms with Gasteiger partial charge in [-0.05, 0) is 57.4 Å². The van der Waals surface area contributed by atoms with Crippen LogP contribution in [0.3, 0.4) is 0 Å². The lowest BCUT2D eigenvalue weighted by Crippen LogP contribution is -2.45. The number of anilines is 2. The molecule has 0 bridgehead atoms. The highest BCUT2D eigenvalue weighted by Gasteiger charge is 2.50. The van der Waals surface area contributed by atoms with E-state index >= 15 is 0 Å². The molecule has 1 aliphatic heterocycles. The molecule has 11 nitrogen and oxygen atoms in total. The van der Waals surface area contributed by atoms with Crippen molar-refractivity contribution in [3.05, 3.63) is 54.2 Å². The molecule has 5 rings (SSSR count). The maximum atomic E-state index is 12.3. The fraction of sp³-hybridized carbons (Fsp3) is 0.462. The van der Waals surface area contributed by atoms with Gasteiger partial charge in [0.25, 0.3) is 0 Å². The first-order chi connectivity index (χ1) is 18.3. The van der Waals surface area contributed by atoms with Crippen molar-refractivity contribution >= 4 is 28.1 Å². The Labute approximate surface area is 223 Å². The molecule has 5 N–H and O–H groups in total. The van der Waals surface area contributed by atoms with Gasteiger partial charge in [-0.2, -0.15) is 10.6 Å². The van der Waals surface area contributed by atoms with Crippen LogP contribution in [0.2, 0.25) is 0 Å². The first-order valence-corrected chi connectivity index (χ1v) is 14.7. The molecule has 2 aliphatic rings. The van der Waals surface area contributed by atoms with E-state index in [1.807, 2.05) is 25.1 Å². The molecule has 1 saturated heterocycles. The molecule has 0 unspecified atom stereocenters. The van der Waals surface area contributed by atoms with Crippen molar-refractivity contribution in [2.45, 2.75) is 50.4 Å². The molecule has 2 fully saturated rings. The van der Waals surface area contributed by atoms with E-state index in [1.165, 1.54) is 0 Å². The zero-order chi connectivity index (χ0) is 26.8. The number of H-pyrrole nitrogens is 1. The van der Waals surface area contributed by atoms with Crippen LogP contribution in [0.5, 0.6) is 0 Å². The van der Waals surface area contributed by atoms with Crippen molar-refractivity contribution in [2.24, 2.45) is 0 Å². The summed E-state index contributed by atoms with van der Waals surface area (Å²) in [5.41, 5.74) is 2.08. The highest BCUT2D eigenvalue weighted by Crippen LogP contribution is 2.67. The standard InChI is InChI=1S/C26H35N7O4S/c1-3-38(35,36)26(9-4-10-26)21-15-23(33-13-14-37-17-18(33)2)32-24(31-21)19-5-7-20(8-6-19)30-25(34)29-16-22-27-11-12-28-22/h5-8,11-12,15,18,35-36H,3-4,9-10,13-14,16-17H2,1-2H3,(H,27,28)(H2,29,30,34)/t18-/m0/s1. The minimum atomic E-state index is -2.87. The smallest absolute Gasteiger partial charge is 0.319 e. The number of carbonyl (C=O) groups is 1. The molecule has 1 aromatic carbocycles. The number of morpholine rings is 1. The molecule has 2 amide bonds. The Hall–Kier alpha value is -3.19. The molecule has 1 aliphatic carbocycles. The van der Waals surface area contributed by atoms with Crippen molar-refractivity contribution in [3.63, 3.8) is 0 Å². The highest BCUT2D eigenvalue weighted by atomic mass is 32.3. The summed E-state index contributed by atoms with van der Waals surface area (Å²) in [5, 5.41) is 5.57. The summed E-state index contributed by atoms with van der Waals surface area (Å²) in [5.74, 6) is 2.24. The summed E-state index contributed by atoms with van der Waals surface area (Å²) in [6.07, 6.45) is 5.64. The Kier molecular flexibility index (Phi) is 7.57. The third-order valence-electron chi connectivity index (χ3n) is 7.40. The Morgan fingerprint density at radius 2 is 2.05 bits per heavy atom. The van der Waals surface area contributed by atoms with Crippen LogP contribution in [0.25, 0.3) is 11.4 Å². The molecule has 1 saturated carbocycles. The summed E-state index contributed by atoms with van der Waals surface area (Å²) < 4.78 is 27.0. The van der Waals surface area contributed by atoms with Crippen molar-refractivity contribution in [3.8, 4) is 11.4 Å². The van der Waals surface area contributed by atoms with E-state index in [0.29, 0.717) is 62.2 Å². The van der Waals surface area contributed by atoms with Gasteiger partial charge >= 0.3 is 6.03 Å². The van der Waals surface area contributed by atoms with Gasteiger partial charge in [-0.25, -0.2) is 19.7 Å². The number of ether oxygens (including phenoxy) is 1. The van der Waals surface area contributed by atoms with E-state index in [2.05, 4.69) is 32.4 Å². The van der Waals surface area contributed by atoms with Gasteiger partial charge in [0, 0.05) is 42.0 Å². The summed E-state index contributed by atoms with van der Waals surface area (Å²) in [6.45, 7) is 6.11. The average molecular weight is 542 g/mol. The molecule has 1 atom stereocenters. The minimum absolute atomic E-state index is 0.134. The quantitative estimate of drug-likeness (QED) is 0.279. The maximum Gasteiger partial charge on any atom is 0.319 e. The van der Waals surface area contributed by atoms with Gasteiger partial charge in [-0.3, -0.25) is 9.11 Å². The number of imidazole rings is 1. The number of rotatable bonds is 8. The summed E-state index contributed by atoms with van der Waals surface area (Å²) in [7, 11) is -2.87. The molecule has 3 aromatic rings. The second kappa shape index (κ2) is 10.9. The second-order valence-corrected chi connectivity index (χ2v) is 12.5. The molecule has 2 aromatic heterocycles. The largest absolute Gasteiger partial charge is 0.377 e. The lowest BCUT2D eigenvalue weighted by molar-refractivity contribution is 0.0985. The Morgan fingerprint density at radius 3 is 2.68 bits per heavy atom. The number of hydrogen-bond acceptors (Lipinski definition) is 8. The zero-order valence-corrected chi connectivity index (χ0v) is 22.5. The van der Waals surface area contributed by atoms with Gasteiger partial charge in [-0.15, -0.1) is 0 Å². The Bertz CT molecular complexity index is 1250. The van der Waals surface area contributed by atoms with E-state index in [0.717, 1.165) is 17.8 Å². The summed E-state index contributed by atoms with van der Waals surface area (Å²) >= 11 is 0. The Morgan fingerprint density at radius 1 is 1.26 bits per heavy atom. The van der Waals surface area contributed by atoms with E-state index in [4.69, 9.17) is 14.7 Å². The summed E-state index contributed by atoms with van der Waals surface area (Å²) in [4.78, 5) is 31.3. The predicted molar refractivity (Wildman–Crippen MR) is 148 cm³/mol. The third-order valence-corrected chi connectivity index (χ3v) is 10.1. The molecule has 3 heterocycles. The maximum absolute atomic E-state index is 12.3. The average Bonchev–Trinajstić information content (AvgIpc) is 3.41. The van der Waals surface area contributed by atoms with E-state index in [1.54, 1.807) is 24.5 Å². The van der Waals surface area contributed by atoms with Crippen LogP contribution in [0.4, 0.5) is 16.3 Å². The number of benzene rings is 1. The van der Waals surface area contributed by atoms with Crippen LogP contribution in [0.15, 0.2) is 42.7 Å². The molecule has 0 radical (unpaired) electrons. The van der Waals surface area contributed by atoms with E-state index < -0.39 is 15.3 Å². The number of carbonyl (C=O) groups excluding carboxylic acids is 1. The highest BCUT2D eigenvalue weighted by molar-refractivity contribution is 8.25. The molecular weight excluding hydrogens is 506 g/mol. The molecular formula is C26H35N7O4S. The SMILES string of the molecule is CCS(O)(O)C1(c2cc(N3CCOC[C@@H]3C)nc(-c3ccc(NC(=O)NCc4ncc[nH]4)cc3)n2)CCC1. The predicted octanol–water partition coefficient (Wildman–Crippen LogP) is 4.56. The fourth-order valence-electron chi connectivity index (χ4n) is 4.97. The first kappa shape index (κ1) is 26.4. The fourth-order valence-corrected chi connectivity index (χ4v) is 6.91. The van der Waals surface area contributed by atoms with Gasteiger partial charge in [-0.1, -0.05) is 0 Å². The lowest BCUT2D eigenvalue weighted by Gasteiger charge is -2.55. The number of urea groups is 1. The van der Waals surface area contributed by atoms with Gasteiger partial charge in [0.2, 0.25) is 0 Å². The number of amides is 2. The summed E-state index contributed by atoms with van der Waals surface area (Å²) in [6, 6.07) is 9.05. The van der Waals surface area contributed by atoms with Crippen molar-refractivity contribution in [2.75, 3.05) is 35.7 Å². The van der Waals surface area contributed by atoms with Crippen LogP contribution in [0, 0.1) is 0 Å². The van der Waals surface area contributed by atoms with Gasteiger partial charge in [0.15, 0.2) is 5.82 Å². The normalized spacial score (nSPS) is 19.5. The molecule has 204 valence electrons. The van der Waals surface area contributed by atoms with Crippen molar-refractivity contribution in [1.29, 1.82) is 0 Å². The monoisotopic (exact) mass is 541 g/mol. The number of aromatic nitrogens is 4. The van der Waals surface area contributed by atoms with Crippen LogP contribution in [0.1, 0.15) is 44.6 Å². The van der Waals surface area contributed by atoms with Crippen LogP contribution in [-0.4, -0.2) is 66.6 Å². The van der Waals surface area contributed by atoms with Gasteiger partial charge in [0.05, 0.1) is 31.5 Å². The number of aromatic amines is 1. The minimum Gasteiger partial charge on any atom is -0.377 e. The van der Waals surface area contributed by atoms with E-state index in [9.17, 15) is 13.9 Å². The molecule has 38 heavy (non-hydrogen) atoms. The third kappa shape index (κ3) is 5.21. The van der Waals surface area contributed by atoms with E-state index in [-0.39, 0.29) is 17.8 Å². The lowest BCUT2D eigenvalue weighted by atomic mass is 9.81.